The molecule has 0 amide bonds. The lowest BCUT2D eigenvalue weighted by molar-refractivity contribution is 0.264. The van der Waals surface area contributed by atoms with Crippen molar-refractivity contribution in [2.75, 3.05) is 6.61 Å². The van der Waals surface area contributed by atoms with Crippen molar-refractivity contribution >= 4 is 0 Å². The maximum atomic E-state index is 8.70. The van der Waals surface area contributed by atoms with Crippen LogP contribution < -0.4 is 0 Å². The van der Waals surface area contributed by atoms with E-state index < -0.39 is 6.85 Å². The van der Waals surface area contributed by atoms with Gasteiger partial charge in [-0.2, -0.15) is 0 Å². The minimum Gasteiger partial charge on any atom is -0.396 e. The monoisotopic (exact) mass is 161 g/mol. The fourth-order valence-electron chi connectivity index (χ4n) is 1.43. The second-order valence-electron chi connectivity index (χ2n) is 3.06. The molecule has 0 saturated carbocycles. The topological polar surface area (TPSA) is 20.2 Å². The average Bonchev–Trinajstić information content (AvgIpc) is 2.08. The van der Waals surface area contributed by atoms with Crippen molar-refractivity contribution < 1.29 is 9.22 Å². The lowest BCUT2D eigenvalue weighted by atomic mass is 9.94. The highest BCUT2D eigenvalue weighted by atomic mass is 16.2. The SMILES string of the molecule is [2H]C([2H])([2H])CC[C@@H](CCC)CCCO. The summed E-state index contributed by atoms with van der Waals surface area (Å²) >= 11 is 0. The fourth-order valence-corrected chi connectivity index (χ4v) is 1.43. The maximum Gasteiger partial charge on any atom is 0.0431 e. The second-order valence-corrected chi connectivity index (χ2v) is 3.06. The van der Waals surface area contributed by atoms with E-state index in [1.54, 1.807) is 0 Å². The Morgan fingerprint density at radius 3 is 2.55 bits per heavy atom. The number of aliphatic hydroxyl groups excluding tert-OH is 1. The van der Waals surface area contributed by atoms with Crippen LogP contribution in [-0.4, -0.2) is 11.7 Å². The van der Waals surface area contributed by atoms with E-state index in [1.165, 1.54) is 0 Å². The summed E-state index contributed by atoms with van der Waals surface area (Å²) in [5, 5.41) is 8.70. The summed E-state index contributed by atoms with van der Waals surface area (Å²) in [4.78, 5) is 0. The fraction of sp³-hybridized carbons (Fsp3) is 1.00. The van der Waals surface area contributed by atoms with E-state index in [0.29, 0.717) is 12.3 Å². The molecule has 0 unspecified atom stereocenters. The summed E-state index contributed by atoms with van der Waals surface area (Å²) in [5.41, 5.74) is 0. The molecule has 0 aromatic rings. The van der Waals surface area contributed by atoms with Gasteiger partial charge in [0.2, 0.25) is 0 Å². The third kappa shape index (κ3) is 6.36. The first-order valence-corrected chi connectivity index (χ1v) is 4.60. The van der Waals surface area contributed by atoms with E-state index in [4.69, 9.17) is 9.22 Å². The molecule has 0 fully saturated rings. The van der Waals surface area contributed by atoms with E-state index in [-0.39, 0.29) is 6.61 Å². The van der Waals surface area contributed by atoms with Crippen molar-refractivity contribution in [3.63, 3.8) is 0 Å². The quantitative estimate of drug-likeness (QED) is 0.608. The third-order valence-electron chi connectivity index (χ3n) is 2.02. The van der Waals surface area contributed by atoms with Crippen LogP contribution in [0.3, 0.4) is 0 Å². The van der Waals surface area contributed by atoms with Crippen LogP contribution in [0.2, 0.25) is 0 Å². The minimum absolute atomic E-state index is 0.216. The highest BCUT2D eigenvalue weighted by Gasteiger charge is 2.04. The van der Waals surface area contributed by atoms with Crippen molar-refractivity contribution in [2.45, 2.75) is 52.3 Å². The molecule has 0 aliphatic carbocycles. The van der Waals surface area contributed by atoms with Gasteiger partial charge in [-0.1, -0.05) is 39.5 Å². The number of aliphatic hydroxyl groups is 1. The molecule has 0 aliphatic heterocycles. The summed E-state index contributed by atoms with van der Waals surface area (Å²) in [6.07, 6.45) is 5.01. The maximum absolute atomic E-state index is 8.70. The van der Waals surface area contributed by atoms with E-state index in [0.717, 1.165) is 32.1 Å². The first-order chi connectivity index (χ1) is 6.49. The molecule has 11 heavy (non-hydrogen) atoms. The Balaban J connectivity index is 3.72. The lowest BCUT2D eigenvalue weighted by Gasteiger charge is -2.13. The van der Waals surface area contributed by atoms with Gasteiger partial charge >= 0.3 is 0 Å². The third-order valence-corrected chi connectivity index (χ3v) is 2.02. The normalized spacial score (nSPS) is 18.5. The van der Waals surface area contributed by atoms with Crippen molar-refractivity contribution in [3.8, 4) is 0 Å². The number of hydrogen-bond acceptors (Lipinski definition) is 1. The molecule has 68 valence electrons. The molecule has 0 aromatic heterocycles. The van der Waals surface area contributed by atoms with Crippen molar-refractivity contribution in [3.05, 3.63) is 0 Å². The minimum atomic E-state index is -1.79. The second kappa shape index (κ2) is 8.06. The molecule has 0 saturated heterocycles. The van der Waals surface area contributed by atoms with Crippen LogP contribution >= 0.6 is 0 Å². The molecule has 1 heteroatoms. The van der Waals surface area contributed by atoms with E-state index >= 15 is 0 Å². The van der Waals surface area contributed by atoms with Crippen molar-refractivity contribution in [2.24, 2.45) is 5.92 Å². The molecule has 0 spiro atoms. The average molecular weight is 161 g/mol. The molecule has 0 radical (unpaired) electrons. The van der Waals surface area contributed by atoms with Crippen molar-refractivity contribution in [1.82, 2.24) is 0 Å². The summed E-state index contributed by atoms with van der Waals surface area (Å²) in [6.45, 7) is 0.542. The summed E-state index contributed by atoms with van der Waals surface area (Å²) in [6, 6.07) is 0. The molecule has 0 heterocycles. The van der Waals surface area contributed by atoms with Crippen LogP contribution in [0.15, 0.2) is 0 Å². The lowest BCUT2D eigenvalue weighted by Crippen LogP contribution is -2.00. The molecule has 0 aliphatic rings. The molecule has 0 bridgehead atoms. The number of rotatable bonds is 7. The summed E-state index contributed by atoms with van der Waals surface area (Å²) in [5.74, 6) is 0.479. The van der Waals surface area contributed by atoms with E-state index in [9.17, 15) is 0 Å². The zero-order valence-electron chi connectivity index (χ0n) is 10.5. The predicted molar refractivity (Wildman–Crippen MR) is 49.6 cm³/mol. The smallest absolute Gasteiger partial charge is 0.0431 e. The highest BCUT2D eigenvalue weighted by molar-refractivity contribution is 4.57. The molecular weight excluding hydrogens is 136 g/mol. The van der Waals surface area contributed by atoms with Gasteiger partial charge in [-0.25, -0.2) is 0 Å². The van der Waals surface area contributed by atoms with Crippen LogP contribution in [0.1, 0.15) is 56.4 Å². The van der Waals surface area contributed by atoms with Gasteiger partial charge in [0, 0.05) is 10.7 Å². The zero-order chi connectivity index (χ0) is 11.0. The molecule has 0 rings (SSSR count). The molecule has 1 N–H and O–H groups in total. The Morgan fingerprint density at radius 2 is 2.00 bits per heavy atom. The van der Waals surface area contributed by atoms with Crippen LogP contribution in [0, 0.1) is 5.92 Å². The van der Waals surface area contributed by atoms with Gasteiger partial charge < -0.3 is 5.11 Å². The van der Waals surface area contributed by atoms with E-state index in [1.807, 2.05) is 0 Å². The molecule has 0 aromatic carbocycles. The van der Waals surface area contributed by atoms with E-state index in [2.05, 4.69) is 6.92 Å². The Bertz CT molecular complexity index is 134. The van der Waals surface area contributed by atoms with Crippen LogP contribution in [0.25, 0.3) is 0 Å². The molecular formula is C10H22O. The van der Waals surface area contributed by atoms with Crippen LogP contribution in [-0.2, 0) is 0 Å². The van der Waals surface area contributed by atoms with Gasteiger partial charge in [-0.15, -0.1) is 0 Å². The summed E-state index contributed by atoms with van der Waals surface area (Å²) in [7, 11) is 0. The van der Waals surface area contributed by atoms with Gasteiger partial charge in [0.25, 0.3) is 0 Å². The van der Waals surface area contributed by atoms with Crippen LogP contribution in [0.5, 0.6) is 0 Å². The predicted octanol–water partition coefficient (Wildman–Crippen LogP) is 2.98. The number of hydrogen-bond donors (Lipinski definition) is 1. The summed E-state index contributed by atoms with van der Waals surface area (Å²) < 4.78 is 21.4. The standard InChI is InChI=1S/C10H22O/c1-3-6-10(7-4-2)8-5-9-11/h10-11H,3-9H2,1-2H3/i1D3/t10-/m0/s1. The Morgan fingerprint density at radius 1 is 1.27 bits per heavy atom. The van der Waals surface area contributed by atoms with Gasteiger partial charge in [-0.05, 0) is 18.8 Å². The van der Waals surface area contributed by atoms with Gasteiger partial charge in [-0.3, -0.25) is 0 Å². The van der Waals surface area contributed by atoms with Crippen LogP contribution in [0.4, 0.5) is 0 Å². The molecule has 1 atom stereocenters. The first-order valence-electron chi connectivity index (χ1n) is 6.10. The van der Waals surface area contributed by atoms with Gasteiger partial charge in [0.05, 0.1) is 0 Å². The Kier molecular flexibility index (Phi) is 4.74. The zero-order valence-corrected chi connectivity index (χ0v) is 7.47. The van der Waals surface area contributed by atoms with Crippen molar-refractivity contribution in [1.29, 1.82) is 0 Å². The largest absolute Gasteiger partial charge is 0.396 e. The first kappa shape index (κ1) is 6.47. The Hall–Kier alpha value is -0.0400. The van der Waals surface area contributed by atoms with Gasteiger partial charge in [0.15, 0.2) is 0 Å². The molecule has 1 nitrogen and oxygen atoms in total. The van der Waals surface area contributed by atoms with Gasteiger partial charge in [0.1, 0.15) is 0 Å². The Labute approximate surface area is 75.0 Å². The highest BCUT2D eigenvalue weighted by Crippen LogP contribution is 2.18.